The van der Waals surface area contributed by atoms with Crippen molar-refractivity contribution in [1.29, 1.82) is 0 Å². The molecule has 1 rings (SSSR count). The maximum absolute atomic E-state index is 13.5. The van der Waals surface area contributed by atoms with E-state index in [2.05, 4.69) is 6.58 Å². The van der Waals surface area contributed by atoms with E-state index < -0.39 is 11.7 Å². The molecule has 0 saturated heterocycles. The molecule has 3 nitrogen and oxygen atoms in total. The molecule has 1 N–H and O–H groups in total. The molecule has 0 heterocycles. The first-order valence-corrected chi connectivity index (χ1v) is 5.38. The van der Waals surface area contributed by atoms with Crippen LogP contribution >= 0.6 is 0 Å². The Morgan fingerprint density at radius 3 is 2.65 bits per heavy atom. The first-order chi connectivity index (χ1) is 7.95. The molecule has 0 atom stereocenters. The fraction of sp³-hybridized carbons (Fsp3) is 0.308. The second kappa shape index (κ2) is 5.48. The monoisotopic (exact) mass is 237 g/mol. The van der Waals surface area contributed by atoms with E-state index in [4.69, 9.17) is 5.11 Å². The first kappa shape index (κ1) is 13.2. The molecule has 1 amide bonds. The summed E-state index contributed by atoms with van der Waals surface area (Å²) < 4.78 is 13.5. The van der Waals surface area contributed by atoms with Gasteiger partial charge in [0.05, 0.1) is 5.56 Å². The Morgan fingerprint density at radius 2 is 2.18 bits per heavy atom. The third-order valence-electron chi connectivity index (χ3n) is 2.31. The molecule has 4 heteroatoms. The SMILES string of the molecule is C=C(C)CN(CC)C(=O)c1ccc(O)cc1F. The number of rotatable bonds is 4. The van der Waals surface area contributed by atoms with E-state index in [0.717, 1.165) is 11.6 Å². The number of amides is 1. The molecule has 0 aromatic heterocycles. The summed E-state index contributed by atoms with van der Waals surface area (Å²) in [5.41, 5.74) is 0.797. The summed E-state index contributed by atoms with van der Waals surface area (Å²) in [7, 11) is 0. The van der Waals surface area contributed by atoms with E-state index in [1.165, 1.54) is 17.0 Å². The quantitative estimate of drug-likeness (QED) is 0.817. The molecule has 1 aromatic carbocycles. The second-order valence-electron chi connectivity index (χ2n) is 3.94. The summed E-state index contributed by atoms with van der Waals surface area (Å²) in [5, 5.41) is 9.08. The van der Waals surface area contributed by atoms with Gasteiger partial charge in [-0.15, -0.1) is 0 Å². The highest BCUT2D eigenvalue weighted by molar-refractivity contribution is 5.94. The number of hydrogen-bond acceptors (Lipinski definition) is 2. The number of phenolic OH excluding ortho intramolecular Hbond substituents is 1. The fourth-order valence-electron chi connectivity index (χ4n) is 1.50. The number of hydrogen-bond donors (Lipinski definition) is 1. The van der Waals surface area contributed by atoms with Gasteiger partial charge in [0.25, 0.3) is 5.91 Å². The van der Waals surface area contributed by atoms with Gasteiger partial charge in [0.1, 0.15) is 11.6 Å². The van der Waals surface area contributed by atoms with Crippen molar-refractivity contribution < 1.29 is 14.3 Å². The van der Waals surface area contributed by atoms with Crippen LogP contribution in [0.25, 0.3) is 0 Å². The molecule has 0 bridgehead atoms. The van der Waals surface area contributed by atoms with Gasteiger partial charge in [-0.05, 0) is 26.0 Å². The molecule has 92 valence electrons. The van der Waals surface area contributed by atoms with E-state index in [0.29, 0.717) is 13.1 Å². The Balaban J connectivity index is 2.97. The number of benzene rings is 1. The zero-order valence-corrected chi connectivity index (χ0v) is 10.0. The second-order valence-corrected chi connectivity index (χ2v) is 3.94. The van der Waals surface area contributed by atoms with Gasteiger partial charge in [-0.1, -0.05) is 12.2 Å². The van der Waals surface area contributed by atoms with Gasteiger partial charge in [-0.25, -0.2) is 4.39 Å². The smallest absolute Gasteiger partial charge is 0.257 e. The van der Waals surface area contributed by atoms with Crippen LogP contribution in [0, 0.1) is 5.82 Å². The van der Waals surface area contributed by atoms with Crippen LogP contribution in [-0.2, 0) is 0 Å². The summed E-state index contributed by atoms with van der Waals surface area (Å²) in [6.07, 6.45) is 0. The molecule has 0 aliphatic rings. The van der Waals surface area contributed by atoms with E-state index in [9.17, 15) is 9.18 Å². The van der Waals surface area contributed by atoms with E-state index >= 15 is 0 Å². The lowest BCUT2D eigenvalue weighted by Crippen LogP contribution is -2.32. The van der Waals surface area contributed by atoms with E-state index in [1.807, 2.05) is 13.8 Å². The molecule has 0 spiro atoms. The summed E-state index contributed by atoms with van der Waals surface area (Å²) in [5.74, 6) is -1.30. The Bertz CT molecular complexity index is 443. The average Bonchev–Trinajstić information content (AvgIpc) is 2.24. The molecule has 0 saturated carbocycles. The summed E-state index contributed by atoms with van der Waals surface area (Å²) >= 11 is 0. The highest BCUT2D eigenvalue weighted by Crippen LogP contribution is 2.17. The normalized spacial score (nSPS) is 10.1. The molecule has 0 aliphatic heterocycles. The number of carbonyl (C=O) groups excluding carboxylic acids is 1. The van der Waals surface area contributed by atoms with Gasteiger partial charge >= 0.3 is 0 Å². The number of likely N-dealkylation sites (N-methyl/N-ethyl adjacent to an activating group) is 1. The maximum Gasteiger partial charge on any atom is 0.257 e. The summed E-state index contributed by atoms with van der Waals surface area (Å²) in [4.78, 5) is 13.5. The Labute approximate surface area is 100 Å². The van der Waals surface area contributed by atoms with Gasteiger partial charge in [-0.3, -0.25) is 4.79 Å². The van der Waals surface area contributed by atoms with Crippen LogP contribution < -0.4 is 0 Å². The lowest BCUT2D eigenvalue weighted by atomic mass is 10.1. The predicted octanol–water partition coefficient (Wildman–Crippen LogP) is 2.57. The largest absolute Gasteiger partial charge is 0.508 e. The van der Waals surface area contributed by atoms with Gasteiger partial charge in [-0.2, -0.15) is 0 Å². The molecule has 0 fully saturated rings. The van der Waals surface area contributed by atoms with Crippen molar-refractivity contribution in [1.82, 2.24) is 4.90 Å². The minimum atomic E-state index is -0.713. The Kier molecular flexibility index (Phi) is 4.26. The third kappa shape index (κ3) is 3.31. The predicted molar refractivity (Wildman–Crippen MR) is 64.5 cm³/mol. The lowest BCUT2D eigenvalue weighted by molar-refractivity contribution is 0.0773. The number of carbonyl (C=O) groups is 1. The molecule has 17 heavy (non-hydrogen) atoms. The van der Waals surface area contributed by atoms with Crippen molar-refractivity contribution in [3.05, 3.63) is 41.7 Å². The number of aromatic hydroxyl groups is 1. The zero-order chi connectivity index (χ0) is 13.0. The van der Waals surface area contributed by atoms with Gasteiger partial charge in [0.2, 0.25) is 0 Å². The van der Waals surface area contributed by atoms with Crippen LogP contribution in [0.1, 0.15) is 24.2 Å². The van der Waals surface area contributed by atoms with Crippen molar-refractivity contribution in [2.75, 3.05) is 13.1 Å². The van der Waals surface area contributed by atoms with E-state index in [1.54, 1.807) is 0 Å². The lowest BCUT2D eigenvalue weighted by Gasteiger charge is -2.21. The fourth-order valence-corrected chi connectivity index (χ4v) is 1.50. The maximum atomic E-state index is 13.5. The standard InChI is InChI=1S/C13H16FNO2/c1-4-15(8-9(2)3)13(17)11-6-5-10(16)7-12(11)14/h5-7,16H,2,4,8H2,1,3H3. The van der Waals surface area contributed by atoms with Crippen LogP contribution in [0.15, 0.2) is 30.4 Å². The Morgan fingerprint density at radius 1 is 1.53 bits per heavy atom. The molecule has 0 unspecified atom stereocenters. The topological polar surface area (TPSA) is 40.5 Å². The minimum Gasteiger partial charge on any atom is -0.508 e. The Hall–Kier alpha value is -1.84. The molecular weight excluding hydrogens is 221 g/mol. The minimum absolute atomic E-state index is 0.0362. The van der Waals surface area contributed by atoms with Crippen LogP contribution in [0.5, 0.6) is 5.75 Å². The zero-order valence-electron chi connectivity index (χ0n) is 10.0. The van der Waals surface area contributed by atoms with Crippen LogP contribution in [0.3, 0.4) is 0 Å². The summed E-state index contributed by atoms with van der Waals surface area (Å²) in [6, 6.07) is 3.51. The molecule has 0 radical (unpaired) electrons. The number of halogens is 1. The molecular formula is C13H16FNO2. The van der Waals surface area contributed by atoms with Crippen molar-refractivity contribution in [3.8, 4) is 5.75 Å². The van der Waals surface area contributed by atoms with Crippen LogP contribution in [0.4, 0.5) is 4.39 Å². The number of nitrogens with zero attached hydrogens (tertiary/aromatic N) is 1. The van der Waals surface area contributed by atoms with Gasteiger partial charge in [0.15, 0.2) is 0 Å². The molecule has 1 aromatic rings. The van der Waals surface area contributed by atoms with Crippen LogP contribution in [0.2, 0.25) is 0 Å². The van der Waals surface area contributed by atoms with Crippen LogP contribution in [-0.4, -0.2) is 29.0 Å². The summed E-state index contributed by atoms with van der Waals surface area (Å²) in [6.45, 7) is 8.23. The van der Waals surface area contributed by atoms with Gasteiger partial charge in [0, 0.05) is 19.2 Å². The van der Waals surface area contributed by atoms with Crippen molar-refractivity contribution in [3.63, 3.8) is 0 Å². The third-order valence-corrected chi connectivity index (χ3v) is 2.31. The van der Waals surface area contributed by atoms with Crippen molar-refractivity contribution in [2.45, 2.75) is 13.8 Å². The number of phenols is 1. The van der Waals surface area contributed by atoms with Crippen molar-refractivity contribution >= 4 is 5.91 Å². The van der Waals surface area contributed by atoms with Crippen molar-refractivity contribution in [2.24, 2.45) is 0 Å². The van der Waals surface area contributed by atoms with E-state index in [-0.39, 0.29) is 11.3 Å². The first-order valence-electron chi connectivity index (χ1n) is 5.38. The highest BCUT2D eigenvalue weighted by atomic mass is 19.1. The average molecular weight is 237 g/mol. The highest BCUT2D eigenvalue weighted by Gasteiger charge is 2.18. The van der Waals surface area contributed by atoms with Gasteiger partial charge < -0.3 is 10.0 Å². The molecule has 0 aliphatic carbocycles.